The van der Waals surface area contributed by atoms with E-state index in [4.69, 9.17) is 11.5 Å². The predicted molar refractivity (Wildman–Crippen MR) is 165 cm³/mol. The van der Waals surface area contributed by atoms with Gasteiger partial charge in [0.2, 0.25) is 0 Å². The Bertz CT molecular complexity index is 2710. The Morgan fingerprint density at radius 3 is 1.45 bits per heavy atom. The van der Waals surface area contributed by atoms with Gasteiger partial charge in [-0.15, -0.1) is 20.5 Å². The highest BCUT2D eigenvalue weighted by atomic mass is 32.2. The summed E-state index contributed by atoms with van der Waals surface area (Å²) in [6.07, 6.45) is 0. The number of hydrogen-bond donors (Lipinski definition) is 8. The summed E-state index contributed by atoms with van der Waals surface area (Å²) in [5.41, 5.74) is 5.98. The second-order valence-corrected chi connectivity index (χ2v) is 16.4. The molecule has 0 fully saturated rings. The van der Waals surface area contributed by atoms with Crippen LogP contribution in [0.2, 0.25) is 0 Å². The minimum absolute atomic E-state index is 0.182. The first kappa shape index (κ1) is 37.1. The zero-order valence-corrected chi connectivity index (χ0v) is 27.5. The van der Waals surface area contributed by atoms with Crippen LogP contribution in [0, 0.1) is 0 Å². The number of nitrogens with two attached hydrogens (primary N) is 2. The van der Waals surface area contributed by atoms with Crippen molar-refractivity contribution in [2.24, 2.45) is 20.5 Å². The van der Waals surface area contributed by atoms with Gasteiger partial charge in [0.15, 0.2) is 5.75 Å². The summed E-state index contributed by atoms with van der Waals surface area (Å²) in [6.45, 7) is 0. The second-order valence-electron chi connectivity index (χ2n) is 9.41. The molecule has 22 nitrogen and oxygen atoms in total. The maximum absolute atomic E-state index is 12.3. The molecule has 0 heterocycles. The van der Waals surface area contributed by atoms with Crippen molar-refractivity contribution in [3.05, 3.63) is 48.5 Å². The van der Waals surface area contributed by atoms with Crippen LogP contribution in [0.5, 0.6) is 5.75 Å². The predicted octanol–water partition coefficient (Wildman–Crippen LogP) is 2.77. The van der Waals surface area contributed by atoms with Gasteiger partial charge in [-0.3, -0.25) is 22.8 Å². The third-order valence-electron chi connectivity index (χ3n) is 6.18. The van der Waals surface area contributed by atoms with E-state index in [9.17, 15) is 70.0 Å². The number of nitrogens with zero attached hydrogens (tertiary/aromatic N) is 4. The van der Waals surface area contributed by atoms with Gasteiger partial charge in [0.1, 0.15) is 47.2 Å². The van der Waals surface area contributed by atoms with E-state index >= 15 is 0 Å². The summed E-state index contributed by atoms with van der Waals surface area (Å²) in [7, 11) is -26.2. The number of azo groups is 2. The molecular formula is C22H18N6O16S5. The molecule has 4 aromatic rings. The lowest BCUT2D eigenvalue weighted by atomic mass is 10.1. The largest absolute Gasteiger partial charge is 0.505 e. The Kier molecular flexibility index (Phi) is 9.33. The van der Waals surface area contributed by atoms with Gasteiger partial charge in [0, 0.05) is 0 Å². The van der Waals surface area contributed by atoms with Gasteiger partial charge < -0.3 is 16.6 Å². The number of phenols is 1. The van der Waals surface area contributed by atoms with Crippen molar-refractivity contribution in [2.45, 2.75) is 24.5 Å². The van der Waals surface area contributed by atoms with Gasteiger partial charge in [-0.25, -0.2) is 0 Å². The summed E-state index contributed by atoms with van der Waals surface area (Å²) in [4.78, 5) is -5.87. The molecule has 0 aliphatic rings. The summed E-state index contributed by atoms with van der Waals surface area (Å²) in [5, 5.41) is 23.6. The SMILES string of the molecule is Nc1cc(N=Nc2c(S(=O)(=O)O)cc3cc(S(=O)(=O)O)c(N=Nc4ccccc4S(=O)(=O)O)c(O)c3c2N)c(S(=O)(=O)O)cc1S(=O)(=O)O. The van der Waals surface area contributed by atoms with Crippen LogP contribution in [0.1, 0.15) is 0 Å². The van der Waals surface area contributed by atoms with Gasteiger partial charge in [-0.05, 0) is 41.8 Å². The molecule has 4 aromatic carbocycles. The van der Waals surface area contributed by atoms with Crippen molar-refractivity contribution in [2.75, 3.05) is 11.5 Å². The summed E-state index contributed by atoms with van der Waals surface area (Å²) in [6, 6.07) is 5.93. The minimum atomic E-state index is -5.42. The highest BCUT2D eigenvalue weighted by Gasteiger charge is 2.29. The van der Waals surface area contributed by atoms with Gasteiger partial charge in [-0.1, -0.05) is 12.1 Å². The molecule has 0 spiro atoms. The number of nitrogen functional groups attached to an aromatic ring is 2. The van der Waals surface area contributed by atoms with E-state index < -0.39 is 126 Å². The molecule has 0 aliphatic carbocycles. The lowest BCUT2D eigenvalue weighted by molar-refractivity contribution is 0.472. The molecule has 262 valence electrons. The van der Waals surface area contributed by atoms with Gasteiger partial charge >= 0.3 is 0 Å². The van der Waals surface area contributed by atoms with Crippen LogP contribution in [-0.2, 0) is 50.6 Å². The summed E-state index contributed by atoms with van der Waals surface area (Å²) < 4.78 is 168. The van der Waals surface area contributed by atoms with Crippen LogP contribution in [0.15, 0.2) is 93.5 Å². The Labute approximate surface area is 275 Å². The molecule has 0 bridgehead atoms. The van der Waals surface area contributed by atoms with Crippen molar-refractivity contribution in [1.29, 1.82) is 0 Å². The maximum atomic E-state index is 12.3. The fourth-order valence-electron chi connectivity index (χ4n) is 4.14. The van der Waals surface area contributed by atoms with Crippen molar-refractivity contribution in [3.8, 4) is 5.75 Å². The van der Waals surface area contributed by atoms with E-state index in [-0.39, 0.29) is 6.07 Å². The van der Waals surface area contributed by atoms with Gasteiger partial charge in [0.25, 0.3) is 50.6 Å². The standard InChI is InChI=1S/C22H18N6O16S5/c23-10-7-12(15(47(36,37)38)8-14(10)46(33,34)35)26-27-20-16(48(39,40)41)5-9-6-17(49(42,43)44)21(22(29)18(9)19(20)24)28-25-11-3-1-2-4-13(11)45(30,31)32/h1-8,29H,23-24H2,(H,30,31,32)(H,33,34,35)(H,36,37,38)(H,39,40,41)(H,42,43,44). The van der Waals surface area contributed by atoms with Crippen LogP contribution < -0.4 is 11.5 Å². The molecule has 0 radical (unpaired) electrons. The van der Waals surface area contributed by atoms with Gasteiger partial charge in [0.05, 0.1) is 16.8 Å². The number of rotatable bonds is 9. The highest BCUT2D eigenvalue weighted by Crippen LogP contribution is 2.48. The Hall–Kier alpha value is -4.71. The van der Waals surface area contributed by atoms with Crippen LogP contribution >= 0.6 is 0 Å². The number of fused-ring (bicyclic) bond motifs is 1. The van der Waals surface area contributed by atoms with Crippen molar-refractivity contribution < 1.29 is 70.0 Å². The molecule has 0 aromatic heterocycles. The number of phenolic OH excluding ortho intramolecular Hbond substituents is 1. The first-order valence-corrected chi connectivity index (χ1v) is 19.3. The normalized spacial score (nSPS) is 13.5. The van der Waals surface area contributed by atoms with Gasteiger partial charge in [-0.2, -0.15) is 42.1 Å². The van der Waals surface area contributed by atoms with E-state index in [1.165, 1.54) is 12.1 Å². The Morgan fingerprint density at radius 2 is 0.939 bits per heavy atom. The fourth-order valence-corrected chi connectivity index (χ4v) is 7.43. The van der Waals surface area contributed by atoms with Crippen LogP contribution in [0.3, 0.4) is 0 Å². The molecule has 27 heteroatoms. The average Bonchev–Trinajstić information content (AvgIpc) is 2.93. The molecular weight excluding hydrogens is 765 g/mol. The topological polar surface area (TPSA) is 394 Å². The van der Waals surface area contributed by atoms with Crippen LogP contribution in [0.4, 0.5) is 34.1 Å². The number of anilines is 2. The molecule has 0 unspecified atom stereocenters. The second kappa shape index (κ2) is 12.3. The lowest BCUT2D eigenvalue weighted by Crippen LogP contribution is -2.07. The monoisotopic (exact) mass is 782 g/mol. The molecule has 0 amide bonds. The van der Waals surface area contributed by atoms with Crippen molar-refractivity contribution >= 4 is 95.5 Å². The quantitative estimate of drug-likeness (QED) is 0.0687. The van der Waals surface area contributed by atoms with Crippen molar-refractivity contribution in [3.63, 3.8) is 0 Å². The molecule has 10 N–H and O–H groups in total. The number of hydrogen-bond acceptors (Lipinski definition) is 17. The van der Waals surface area contributed by atoms with Crippen LogP contribution in [-0.4, -0.2) is 70.0 Å². The smallest absolute Gasteiger partial charge is 0.296 e. The summed E-state index contributed by atoms with van der Waals surface area (Å²) >= 11 is 0. The Balaban J connectivity index is 2.09. The molecule has 0 atom stereocenters. The summed E-state index contributed by atoms with van der Waals surface area (Å²) in [5.74, 6) is -1.28. The number of aromatic hydroxyl groups is 1. The van der Waals surface area contributed by atoms with E-state index in [1.807, 2.05) is 0 Å². The van der Waals surface area contributed by atoms with E-state index in [1.54, 1.807) is 0 Å². The fraction of sp³-hybridized carbons (Fsp3) is 0. The molecule has 0 aliphatic heterocycles. The number of benzene rings is 4. The third kappa shape index (κ3) is 7.64. The molecule has 4 rings (SSSR count). The third-order valence-corrected chi connectivity index (χ3v) is 10.6. The van der Waals surface area contributed by atoms with E-state index in [2.05, 4.69) is 20.5 Å². The minimum Gasteiger partial charge on any atom is -0.505 e. The maximum Gasteiger partial charge on any atom is 0.296 e. The molecule has 0 saturated heterocycles. The zero-order valence-electron chi connectivity index (χ0n) is 23.4. The van der Waals surface area contributed by atoms with E-state index in [0.717, 1.165) is 12.1 Å². The zero-order chi connectivity index (χ0) is 37.1. The van der Waals surface area contributed by atoms with E-state index in [0.29, 0.717) is 18.2 Å². The molecule has 0 saturated carbocycles. The van der Waals surface area contributed by atoms with Crippen LogP contribution in [0.25, 0.3) is 10.8 Å². The van der Waals surface area contributed by atoms with Crippen molar-refractivity contribution in [1.82, 2.24) is 0 Å². The lowest BCUT2D eigenvalue weighted by Gasteiger charge is -2.14. The molecule has 49 heavy (non-hydrogen) atoms. The highest BCUT2D eigenvalue weighted by molar-refractivity contribution is 7.87. The first-order chi connectivity index (χ1) is 22.2. The Morgan fingerprint density at radius 1 is 0.490 bits per heavy atom. The average molecular weight is 783 g/mol. The first-order valence-electron chi connectivity index (χ1n) is 12.1.